The first-order valence-electron chi connectivity index (χ1n) is 11.2. The molecule has 0 bridgehead atoms. The third-order valence-corrected chi connectivity index (χ3v) is 3.88. The number of benzene rings is 1. The summed E-state index contributed by atoms with van der Waals surface area (Å²) in [5, 5.41) is 4.13. The van der Waals surface area contributed by atoms with Gasteiger partial charge in [0.15, 0.2) is 0 Å². The summed E-state index contributed by atoms with van der Waals surface area (Å²) in [5.41, 5.74) is -1.93. The molecule has 0 N–H and O–H groups in total. The van der Waals surface area contributed by atoms with Crippen molar-refractivity contribution < 1.29 is 26.4 Å². The van der Waals surface area contributed by atoms with Crippen molar-refractivity contribution in [3.8, 4) is 11.4 Å². The molecule has 0 amide bonds. The minimum Gasteiger partial charge on any atom is -0.497 e. The SMILES string of the molecule is [2H]c1c([2H])c(-n2nc(B3OC(C)(C)C(C)(C)O3)c([2H])c2[2H])c([2H])c([2H])c1OC([2H])([2H])[2H]. The fraction of sp³-hybridized carbons (Fsp3) is 0.438. The van der Waals surface area contributed by atoms with Gasteiger partial charge in [0.05, 0.1) is 41.9 Å². The van der Waals surface area contributed by atoms with Gasteiger partial charge in [-0.25, -0.2) is 4.68 Å². The average Bonchev–Trinajstić information content (AvgIpc) is 3.02. The summed E-state index contributed by atoms with van der Waals surface area (Å²) < 4.78 is 87.6. The zero-order chi connectivity index (χ0) is 23.7. The summed E-state index contributed by atoms with van der Waals surface area (Å²) in [7, 11) is -4.05. The van der Waals surface area contributed by atoms with Gasteiger partial charge in [-0.3, -0.25) is 0 Å². The van der Waals surface area contributed by atoms with E-state index < -0.39 is 67.1 Å². The predicted octanol–water partition coefficient (Wildman–Crippen LogP) is 2.18. The highest BCUT2D eigenvalue weighted by atomic mass is 16.7. The lowest BCUT2D eigenvalue weighted by atomic mass is 9.85. The molecule has 0 spiro atoms. The van der Waals surface area contributed by atoms with E-state index in [0.717, 1.165) is 4.68 Å². The van der Waals surface area contributed by atoms with E-state index in [1.807, 2.05) is 0 Å². The molecule has 0 saturated carbocycles. The van der Waals surface area contributed by atoms with Crippen molar-refractivity contribution in [2.24, 2.45) is 0 Å². The average molecular weight is 309 g/mol. The van der Waals surface area contributed by atoms with Gasteiger partial charge in [0.2, 0.25) is 0 Å². The van der Waals surface area contributed by atoms with E-state index in [1.54, 1.807) is 27.7 Å². The lowest BCUT2D eigenvalue weighted by molar-refractivity contribution is 0.00578. The second-order valence-corrected chi connectivity index (χ2v) is 5.90. The van der Waals surface area contributed by atoms with Crippen molar-refractivity contribution in [1.29, 1.82) is 0 Å². The van der Waals surface area contributed by atoms with Crippen LogP contribution in [-0.4, -0.2) is 35.1 Å². The summed E-state index contributed by atoms with van der Waals surface area (Å²) in [5.74, 6) is -0.741. The summed E-state index contributed by atoms with van der Waals surface area (Å²) >= 11 is 0. The molecule has 0 unspecified atom stereocenters. The van der Waals surface area contributed by atoms with E-state index in [4.69, 9.17) is 21.6 Å². The van der Waals surface area contributed by atoms with Gasteiger partial charge < -0.3 is 14.0 Å². The van der Waals surface area contributed by atoms with Crippen molar-refractivity contribution in [2.75, 3.05) is 7.04 Å². The minimum absolute atomic E-state index is 0.0525. The van der Waals surface area contributed by atoms with Gasteiger partial charge in [-0.2, -0.15) is 5.10 Å². The lowest BCUT2D eigenvalue weighted by Gasteiger charge is -2.32. The number of nitrogens with zero attached hydrogens (tertiary/aromatic N) is 2. The van der Waals surface area contributed by atoms with Crippen molar-refractivity contribution >= 4 is 12.7 Å². The first kappa shape index (κ1) is 7.66. The Kier molecular flexibility index (Phi) is 1.79. The van der Waals surface area contributed by atoms with Crippen LogP contribution in [0.25, 0.3) is 5.69 Å². The van der Waals surface area contributed by atoms with Crippen LogP contribution in [0.5, 0.6) is 5.75 Å². The second kappa shape index (κ2) is 5.14. The Morgan fingerprint density at radius 3 is 2.36 bits per heavy atom. The molecular formula is C16H21BN2O3. The highest BCUT2D eigenvalue weighted by Crippen LogP contribution is 2.36. The smallest absolute Gasteiger partial charge is 0.497 e. The van der Waals surface area contributed by atoms with E-state index in [2.05, 4.69) is 9.84 Å². The number of aromatic nitrogens is 2. The molecule has 0 atom stereocenters. The standard InChI is InChI=1S/C16H21BN2O3/c1-15(2)16(3,4)22-17(21-15)14-10-11-19(18-14)12-6-8-13(20-5)9-7-12/h6-11H,1-5H3/i5D3,6D,7D,8D,9D,10D,11D. The molecule has 0 aliphatic carbocycles. The molecule has 22 heavy (non-hydrogen) atoms. The summed E-state index contributed by atoms with van der Waals surface area (Å²) in [4.78, 5) is 0. The summed E-state index contributed by atoms with van der Waals surface area (Å²) in [6.45, 7) is 7.23. The number of methoxy groups -OCH3 is 1. The monoisotopic (exact) mass is 309 g/mol. The van der Waals surface area contributed by atoms with Crippen LogP contribution in [0.4, 0.5) is 0 Å². The molecule has 1 aliphatic heterocycles. The number of hydrogen-bond donors (Lipinski definition) is 0. The van der Waals surface area contributed by atoms with Gasteiger partial charge in [-0.1, -0.05) is 0 Å². The van der Waals surface area contributed by atoms with E-state index >= 15 is 0 Å². The molecule has 1 aliphatic rings. The highest BCUT2D eigenvalue weighted by molar-refractivity contribution is 6.61. The molecule has 1 aromatic carbocycles. The Hall–Kier alpha value is -1.79. The molecule has 0 radical (unpaired) electrons. The Balaban J connectivity index is 2.15. The second-order valence-electron chi connectivity index (χ2n) is 5.90. The molecule has 1 aromatic heterocycles. The van der Waals surface area contributed by atoms with E-state index in [9.17, 15) is 0 Å². The normalized spacial score (nSPS) is 25.8. The van der Waals surface area contributed by atoms with Crippen LogP contribution in [0.3, 0.4) is 0 Å². The van der Waals surface area contributed by atoms with E-state index in [-0.39, 0.29) is 11.6 Å². The van der Waals surface area contributed by atoms with Gasteiger partial charge in [-0.05, 0) is 57.9 Å². The van der Waals surface area contributed by atoms with E-state index in [1.165, 1.54) is 0 Å². The molecule has 2 heterocycles. The van der Waals surface area contributed by atoms with Crippen LogP contribution in [0.1, 0.15) is 40.0 Å². The highest BCUT2D eigenvalue weighted by Gasteiger charge is 2.52. The maximum Gasteiger partial charge on any atom is 0.516 e. The van der Waals surface area contributed by atoms with Crippen molar-refractivity contribution in [2.45, 2.75) is 38.9 Å². The van der Waals surface area contributed by atoms with Gasteiger partial charge in [0.1, 0.15) is 5.75 Å². The third kappa shape index (κ3) is 2.53. The first-order chi connectivity index (χ1) is 14.0. The summed E-state index contributed by atoms with van der Waals surface area (Å²) in [6, 6.07) is -3.19. The van der Waals surface area contributed by atoms with Gasteiger partial charge in [0.25, 0.3) is 0 Å². The fourth-order valence-electron chi connectivity index (χ4n) is 1.89. The van der Waals surface area contributed by atoms with Gasteiger partial charge in [-0.15, -0.1) is 0 Å². The first-order valence-corrected chi connectivity index (χ1v) is 6.70. The number of ether oxygens (including phenoxy) is 1. The zero-order valence-electron chi connectivity index (χ0n) is 21.7. The van der Waals surface area contributed by atoms with Gasteiger partial charge >= 0.3 is 7.12 Å². The van der Waals surface area contributed by atoms with Gasteiger partial charge in [0, 0.05) is 6.17 Å². The Morgan fingerprint density at radius 2 is 1.77 bits per heavy atom. The molecule has 1 fully saturated rings. The van der Waals surface area contributed by atoms with Crippen LogP contribution in [0.15, 0.2) is 36.4 Å². The summed E-state index contributed by atoms with van der Waals surface area (Å²) in [6.07, 6.45) is -0.505. The Morgan fingerprint density at radius 1 is 1.14 bits per heavy atom. The molecule has 5 nitrogen and oxygen atoms in total. The Labute approximate surface area is 144 Å². The molecule has 6 heteroatoms. The van der Waals surface area contributed by atoms with Crippen molar-refractivity contribution in [1.82, 2.24) is 9.78 Å². The lowest BCUT2D eigenvalue weighted by Crippen LogP contribution is -2.41. The Bertz CT molecular complexity index is 1010. The fourth-order valence-corrected chi connectivity index (χ4v) is 1.89. The molecule has 2 aromatic rings. The predicted molar refractivity (Wildman–Crippen MR) is 85.8 cm³/mol. The minimum atomic E-state index is -2.98. The maximum absolute atomic E-state index is 8.25. The maximum atomic E-state index is 8.25. The van der Waals surface area contributed by atoms with Crippen LogP contribution < -0.4 is 10.3 Å². The van der Waals surface area contributed by atoms with Crippen molar-refractivity contribution in [3.63, 3.8) is 0 Å². The van der Waals surface area contributed by atoms with Crippen LogP contribution >= 0.6 is 0 Å². The molecule has 116 valence electrons. The number of hydrogen-bond acceptors (Lipinski definition) is 4. The molecule has 3 rings (SSSR count). The van der Waals surface area contributed by atoms with Crippen LogP contribution in [-0.2, 0) is 9.31 Å². The zero-order valence-corrected chi connectivity index (χ0v) is 12.7. The molecular weight excluding hydrogens is 279 g/mol. The topological polar surface area (TPSA) is 45.5 Å². The number of rotatable bonds is 3. The molecule has 1 saturated heterocycles. The largest absolute Gasteiger partial charge is 0.516 e. The third-order valence-electron chi connectivity index (χ3n) is 3.88. The van der Waals surface area contributed by atoms with Crippen LogP contribution in [0, 0.1) is 0 Å². The van der Waals surface area contributed by atoms with Crippen molar-refractivity contribution in [3.05, 3.63) is 36.4 Å². The van der Waals surface area contributed by atoms with Crippen LogP contribution in [0.2, 0.25) is 0 Å². The van der Waals surface area contributed by atoms with E-state index in [0.29, 0.717) is 0 Å². The quantitative estimate of drug-likeness (QED) is 0.815.